The van der Waals surface area contributed by atoms with Gasteiger partial charge in [0.15, 0.2) is 0 Å². The van der Waals surface area contributed by atoms with Crippen molar-refractivity contribution in [3.05, 3.63) is 18.2 Å². The van der Waals surface area contributed by atoms with Crippen LogP contribution in [-0.4, -0.2) is 21.7 Å². The van der Waals surface area contributed by atoms with Crippen molar-refractivity contribution in [2.24, 2.45) is 12.8 Å². The van der Waals surface area contributed by atoms with Gasteiger partial charge in [0.05, 0.1) is 6.61 Å². The van der Waals surface area contributed by atoms with Crippen molar-refractivity contribution in [2.75, 3.05) is 6.61 Å². The molecule has 4 heteroatoms. The van der Waals surface area contributed by atoms with Gasteiger partial charge in [-0.3, -0.25) is 0 Å². The van der Waals surface area contributed by atoms with E-state index in [2.05, 4.69) is 4.98 Å². The van der Waals surface area contributed by atoms with Crippen LogP contribution in [0.3, 0.4) is 0 Å². The molecule has 0 atom stereocenters. The predicted octanol–water partition coefficient (Wildman–Crippen LogP) is 0.674. The van der Waals surface area contributed by atoms with Gasteiger partial charge in [0.1, 0.15) is 12.4 Å². The number of imidazole rings is 1. The van der Waals surface area contributed by atoms with Crippen LogP contribution in [0.25, 0.3) is 0 Å². The summed E-state index contributed by atoms with van der Waals surface area (Å²) in [6, 6.07) is 0. The second-order valence-corrected chi connectivity index (χ2v) is 3.94. The van der Waals surface area contributed by atoms with Crippen LogP contribution >= 0.6 is 0 Å². The molecular weight excluding hydrogens is 166 g/mol. The van der Waals surface area contributed by atoms with E-state index in [1.54, 1.807) is 6.20 Å². The molecule has 0 unspecified atom stereocenters. The van der Waals surface area contributed by atoms with Crippen LogP contribution in [-0.2, 0) is 18.4 Å². The Kier molecular flexibility index (Phi) is 3.06. The van der Waals surface area contributed by atoms with Crippen molar-refractivity contribution in [1.29, 1.82) is 0 Å². The highest BCUT2D eigenvalue weighted by Crippen LogP contribution is 2.01. The Morgan fingerprint density at radius 3 is 2.77 bits per heavy atom. The highest BCUT2D eigenvalue weighted by molar-refractivity contribution is 4.88. The second kappa shape index (κ2) is 3.89. The summed E-state index contributed by atoms with van der Waals surface area (Å²) in [6.07, 6.45) is 3.65. The molecular formula is C9H17N3O. The lowest BCUT2D eigenvalue weighted by molar-refractivity contribution is 0.0793. The quantitative estimate of drug-likeness (QED) is 0.746. The molecule has 0 amide bonds. The molecule has 0 bridgehead atoms. The lowest BCUT2D eigenvalue weighted by Crippen LogP contribution is -2.37. The fourth-order valence-electron chi connectivity index (χ4n) is 0.941. The van der Waals surface area contributed by atoms with E-state index in [1.807, 2.05) is 31.7 Å². The Morgan fingerprint density at radius 1 is 1.62 bits per heavy atom. The van der Waals surface area contributed by atoms with E-state index in [0.717, 1.165) is 5.82 Å². The van der Waals surface area contributed by atoms with Gasteiger partial charge in [-0.1, -0.05) is 0 Å². The normalized spacial score (nSPS) is 12.0. The van der Waals surface area contributed by atoms with Crippen molar-refractivity contribution in [1.82, 2.24) is 9.55 Å². The molecule has 0 saturated heterocycles. The van der Waals surface area contributed by atoms with Crippen molar-refractivity contribution < 1.29 is 4.74 Å². The first-order valence-electron chi connectivity index (χ1n) is 4.32. The zero-order valence-corrected chi connectivity index (χ0v) is 8.45. The Morgan fingerprint density at radius 2 is 2.31 bits per heavy atom. The standard InChI is InChI=1S/C9H17N3O/c1-9(2,10)7-13-6-8-11-4-5-12(8)3/h4-5H,6-7,10H2,1-3H3. The molecule has 0 spiro atoms. The molecule has 0 aliphatic heterocycles. The molecule has 74 valence electrons. The van der Waals surface area contributed by atoms with Crippen LogP contribution in [0.5, 0.6) is 0 Å². The second-order valence-electron chi connectivity index (χ2n) is 3.94. The Hall–Kier alpha value is -0.870. The van der Waals surface area contributed by atoms with Gasteiger partial charge >= 0.3 is 0 Å². The summed E-state index contributed by atoms with van der Waals surface area (Å²) in [5.74, 6) is 0.921. The number of nitrogens with zero attached hydrogens (tertiary/aromatic N) is 2. The summed E-state index contributed by atoms with van der Waals surface area (Å²) < 4.78 is 7.35. The molecule has 2 N–H and O–H groups in total. The van der Waals surface area contributed by atoms with Gasteiger partial charge in [0.25, 0.3) is 0 Å². The summed E-state index contributed by atoms with van der Waals surface area (Å²) in [5.41, 5.74) is 5.49. The molecule has 0 saturated carbocycles. The summed E-state index contributed by atoms with van der Waals surface area (Å²) >= 11 is 0. The molecule has 0 fully saturated rings. The molecule has 0 aliphatic rings. The van der Waals surface area contributed by atoms with E-state index >= 15 is 0 Å². The van der Waals surface area contributed by atoms with Crippen LogP contribution in [0.2, 0.25) is 0 Å². The number of nitrogens with two attached hydrogens (primary N) is 1. The molecule has 1 aromatic heterocycles. The summed E-state index contributed by atoms with van der Waals surface area (Å²) in [5, 5.41) is 0. The van der Waals surface area contributed by atoms with Gasteiger partial charge in [0.2, 0.25) is 0 Å². The third-order valence-corrected chi connectivity index (χ3v) is 1.63. The van der Waals surface area contributed by atoms with Crippen LogP contribution in [0.4, 0.5) is 0 Å². The Balaban J connectivity index is 2.32. The first-order valence-corrected chi connectivity index (χ1v) is 4.32. The first-order chi connectivity index (χ1) is 5.99. The van der Waals surface area contributed by atoms with Crippen LogP contribution in [0, 0.1) is 0 Å². The lowest BCUT2D eigenvalue weighted by atomic mass is 10.1. The molecule has 0 aliphatic carbocycles. The minimum atomic E-state index is -0.273. The van der Waals surface area contributed by atoms with Crippen molar-refractivity contribution in [2.45, 2.75) is 26.0 Å². The largest absolute Gasteiger partial charge is 0.372 e. The monoisotopic (exact) mass is 183 g/mol. The van der Waals surface area contributed by atoms with Crippen LogP contribution < -0.4 is 5.73 Å². The van der Waals surface area contributed by atoms with Gasteiger partial charge in [-0.25, -0.2) is 4.98 Å². The Bertz CT molecular complexity index is 262. The fraction of sp³-hybridized carbons (Fsp3) is 0.667. The highest BCUT2D eigenvalue weighted by atomic mass is 16.5. The van der Waals surface area contributed by atoms with E-state index < -0.39 is 0 Å². The van der Waals surface area contributed by atoms with Gasteiger partial charge < -0.3 is 15.0 Å². The average Bonchev–Trinajstić information content (AvgIpc) is 2.34. The highest BCUT2D eigenvalue weighted by Gasteiger charge is 2.10. The molecule has 13 heavy (non-hydrogen) atoms. The minimum Gasteiger partial charge on any atom is -0.372 e. The maximum atomic E-state index is 5.76. The number of hydrogen-bond acceptors (Lipinski definition) is 3. The van der Waals surface area contributed by atoms with Crippen molar-refractivity contribution >= 4 is 0 Å². The molecule has 1 aromatic rings. The summed E-state index contributed by atoms with van der Waals surface area (Å²) in [4.78, 5) is 4.13. The zero-order valence-electron chi connectivity index (χ0n) is 8.45. The molecule has 0 aromatic carbocycles. The smallest absolute Gasteiger partial charge is 0.134 e. The number of aromatic nitrogens is 2. The number of aryl methyl sites for hydroxylation is 1. The molecule has 1 rings (SSSR count). The third kappa shape index (κ3) is 3.57. The van der Waals surface area contributed by atoms with E-state index in [0.29, 0.717) is 13.2 Å². The third-order valence-electron chi connectivity index (χ3n) is 1.63. The molecule has 4 nitrogen and oxygen atoms in total. The van der Waals surface area contributed by atoms with Crippen molar-refractivity contribution in [3.8, 4) is 0 Å². The predicted molar refractivity (Wildman–Crippen MR) is 51.1 cm³/mol. The van der Waals surface area contributed by atoms with E-state index in [4.69, 9.17) is 10.5 Å². The molecule has 1 heterocycles. The SMILES string of the molecule is Cn1ccnc1COCC(C)(C)N. The Labute approximate surface area is 78.7 Å². The minimum absolute atomic E-state index is 0.273. The maximum absolute atomic E-state index is 5.76. The topological polar surface area (TPSA) is 53.1 Å². The van der Waals surface area contributed by atoms with E-state index in [-0.39, 0.29) is 5.54 Å². The van der Waals surface area contributed by atoms with E-state index in [1.165, 1.54) is 0 Å². The molecule has 0 radical (unpaired) electrons. The van der Waals surface area contributed by atoms with Gasteiger partial charge in [-0.2, -0.15) is 0 Å². The van der Waals surface area contributed by atoms with Crippen molar-refractivity contribution in [3.63, 3.8) is 0 Å². The average molecular weight is 183 g/mol. The number of ether oxygens (including phenoxy) is 1. The van der Waals surface area contributed by atoms with Gasteiger partial charge in [0, 0.05) is 25.0 Å². The zero-order chi connectivity index (χ0) is 9.90. The fourth-order valence-corrected chi connectivity index (χ4v) is 0.941. The summed E-state index contributed by atoms with van der Waals surface area (Å²) in [6.45, 7) is 4.93. The number of hydrogen-bond donors (Lipinski definition) is 1. The summed E-state index contributed by atoms with van der Waals surface area (Å²) in [7, 11) is 1.94. The van der Waals surface area contributed by atoms with Gasteiger partial charge in [-0.15, -0.1) is 0 Å². The van der Waals surface area contributed by atoms with Crippen LogP contribution in [0.15, 0.2) is 12.4 Å². The lowest BCUT2D eigenvalue weighted by Gasteiger charge is -2.17. The first kappa shape index (κ1) is 10.2. The van der Waals surface area contributed by atoms with Crippen LogP contribution in [0.1, 0.15) is 19.7 Å². The van der Waals surface area contributed by atoms with E-state index in [9.17, 15) is 0 Å². The maximum Gasteiger partial charge on any atom is 0.134 e. The number of rotatable bonds is 4. The van der Waals surface area contributed by atoms with Gasteiger partial charge in [-0.05, 0) is 13.8 Å².